The zero-order chi connectivity index (χ0) is 21.5. The van der Waals surface area contributed by atoms with E-state index < -0.39 is 11.8 Å². The molecule has 1 aliphatic rings. The Morgan fingerprint density at radius 3 is 2.70 bits per heavy atom. The second-order valence-corrected chi connectivity index (χ2v) is 7.75. The van der Waals surface area contributed by atoms with Crippen LogP contribution in [0.25, 0.3) is 0 Å². The molecule has 8 nitrogen and oxygen atoms in total. The molecule has 0 unspecified atom stereocenters. The predicted octanol–water partition coefficient (Wildman–Crippen LogP) is 2.50. The van der Waals surface area contributed by atoms with E-state index in [9.17, 15) is 14.4 Å². The van der Waals surface area contributed by atoms with Gasteiger partial charge in [0.05, 0.1) is 6.21 Å². The molecular formula is C21H21BrN4O4. The molecule has 0 saturated heterocycles. The normalized spacial score (nSPS) is 13.0. The SMILES string of the molecule is Cc1cccc(NC(=O)COc2ccc(Br)cc2/C=N\NC(=O)C(=O)NC2CC2)c1. The minimum Gasteiger partial charge on any atom is -0.483 e. The van der Waals surface area contributed by atoms with Gasteiger partial charge in [-0.1, -0.05) is 28.1 Å². The van der Waals surface area contributed by atoms with Crippen LogP contribution in [0, 0.1) is 6.92 Å². The molecule has 0 heterocycles. The van der Waals surface area contributed by atoms with E-state index in [0.29, 0.717) is 17.0 Å². The van der Waals surface area contributed by atoms with Gasteiger partial charge in [-0.3, -0.25) is 14.4 Å². The maximum atomic E-state index is 12.2. The summed E-state index contributed by atoms with van der Waals surface area (Å²) >= 11 is 3.36. The highest BCUT2D eigenvalue weighted by Gasteiger charge is 2.26. The van der Waals surface area contributed by atoms with Crippen LogP contribution in [0.2, 0.25) is 0 Å². The average Bonchev–Trinajstić information content (AvgIpc) is 3.51. The number of carbonyl (C=O) groups excluding carboxylic acids is 3. The van der Waals surface area contributed by atoms with Crippen LogP contribution in [-0.4, -0.2) is 36.6 Å². The third-order valence-corrected chi connectivity index (χ3v) is 4.61. The molecule has 2 aromatic rings. The number of ether oxygens (including phenoxy) is 1. The molecule has 2 aromatic carbocycles. The van der Waals surface area contributed by atoms with Crippen molar-refractivity contribution in [1.29, 1.82) is 0 Å². The molecule has 0 aromatic heterocycles. The van der Waals surface area contributed by atoms with E-state index in [-0.39, 0.29) is 18.6 Å². The van der Waals surface area contributed by atoms with Crippen LogP contribution >= 0.6 is 15.9 Å². The number of rotatable bonds is 7. The van der Waals surface area contributed by atoms with Crippen LogP contribution in [0.15, 0.2) is 52.0 Å². The molecule has 0 spiro atoms. The molecule has 3 rings (SSSR count). The highest BCUT2D eigenvalue weighted by atomic mass is 79.9. The highest BCUT2D eigenvalue weighted by Crippen LogP contribution is 2.22. The summed E-state index contributed by atoms with van der Waals surface area (Å²) in [4.78, 5) is 35.5. The van der Waals surface area contributed by atoms with Crippen LogP contribution in [0.3, 0.4) is 0 Å². The second-order valence-electron chi connectivity index (χ2n) is 6.84. The van der Waals surface area contributed by atoms with Gasteiger partial charge in [-0.05, 0) is 55.7 Å². The molecule has 1 fully saturated rings. The lowest BCUT2D eigenvalue weighted by Gasteiger charge is -2.10. The number of hydrogen-bond acceptors (Lipinski definition) is 5. The lowest BCUT2D eigenvalue weighted by Crippen LogP contribution is -2.38. The van der Waals surface area contributed by atoms with E-state index in [2.05, 4.69) is 37.1 Å². The summed E-state index contributed by atoms with van der Waals surface area (Å²) in [5.74, 6) is -1.46. The van der Waals surface area contributed by atoms with Gasteiger partial charge < -0.3 is 15.4 Å². The van der Waals surface area contributed by atoms with E-state index >= 15 is 0 Å². The molecular weight excluding hydrogens is 452 g/mol. The lowest BCUT2D eigenvalue weighted by atomic mass is 10.2. The summed E-state index contributed by atoms with van der Waals surface area (Å²) in [5, 5.41) is 9.15. The van der Waals surface area contributed by atoms with Gasteiger partial charge in [0.2, 0.25) is 0 Å². The Bertz CT molecular complexity index is 989. The smallest absolute Gasteiger partial charge is 0.329 e. The summed E-state index contributed by atoms with van der Waals surface area (Å²) in [6, 6.07) is 12.7. The molecule has 3 N–H and O–H groups in total. The van der Waals surface area contributed by atoms with Gasteiger partial charge in [0, 0.05) is 21.8 Å². The fourth-order valence-electron chi connectivity index (χ4n) is 2.50. The summed E-state index contributed by atoms with van der Waals surface area (Å²) in [6.45, 7) is 1.74. The van der Waals surface area contributed by atoms with Crippen molar-refractivity contribution in [2.45, 2.75) is 25.8 Å². The Hall–Kier alpha value is -3.20. The first-order valence-electron chi connectivity index (χ1n) is 9.33. The third-order valence-electron chi connectivity index (χ3n) is 4.12. The molecule has 0 bridgehead atoms. The number of carbonyl (C=O) groups is 3. The number of hydrazone groups is 1. The second kappa shape index (κ2) is 10.0. The number of benzene rings is 2. The number of nitrogens with zero attached hydrogens (tertiary/aromatic N) is 1. The van der Waals surface area contributed by atoms with E-state index in [1.54, 1.807) is 24.3 Å². The quantitative estimate of drug-likeness (QED) is 0.326. The van der Waals surface area contributed by atoms with Crippen molar-refractivity contribution in [3.05, 3.63) is 58.1 Å². The fraction of sp³-hybridized carbons (Fsp3) is 0.238. The Kier molecular flexibility index (Phi) is 7.18. The lowest BCUT2D eigenvalue weighted by molar-refractivity contribution is -0.139. The van der Waals surface area contributed by atoms with Crippen LogP contribution < -0.4 is 20.8 Å². The number of hydrogen-bond donors (Lipinski definition) is 3. The highest BCUT2D eigenvalue weighted by molar-refractivity contribution is 9.10. The van der Waals surface area contributed by atoms with Crippen LogP contribution in [0.4, 0.5) is 5.69 Å². The first-order chi connectivity index (χ1) is 14.4. The van der Waals surface area contributed by atoms with Gasteiger partial charge in [0.1, 0.15) is 5.75 Å². The number of aryl methyl sites for hydroxylation is 1. The largest absolute Gasteiger partial charge is 0.483 e. The van der Waals surface area contributed by atoms with Crippen molar-refractivity contribution in [2.75, 3.05) is 11.9 Å². The third kappa shape index (κ3) is 6.70. The molecule has 1 saturated carbocycles. The van der Waals surface area contributed by atoms with Crippen molar-refractivity contribution < 1.29 is 19.1 Å². The number of anilines is 1. The Morgan fingerprint density at radius 1 is 1.17 bits per heavy atom. The van der Waals surface area contributed by atoms with Gasteiger partial charge in [0.25, 0.3) is 5.91 Å². The average molecular weight is 473 g/mol. The monoisotopic (exact) mass is 472 g/mol. The van der Waals surface area contributed by atoms with E-state index in [1.165, 1.54) is 6.21 Å². The van der Waals surface area contributed by atoms with Crippen LogP contribution in [0.5, 0.6) is 5.75 Å². The number of amides is 3. The van der Waals surface area contributed by atoms with E-state index in [0.717, 1.165) is 22.9 Å². The molecule has 30 heavy (non-hydrogen) atoms. The van der Waals surface area contributed by atoms with Crippen molar-refractivity contribution in [1.82, 2.24) is 10.7 Å². The van der Waals surface area contributed by atoms with Gasteiger partial charge in [-0.2, -0.15) is 5.10 Å². The van der Waals surface area contributed by atoms with Crippen LogP contribution in [0.1, 0.15) is 24.0 Å². The molecule has 0 atom stereocenters. The summed E-state index contributed by atoms with van der Waals surface area (Å²) in [5.41, 5.74) is 4.43. The first-order valence-corrected chi connectivity index (χ1v) is 10.1. The van der Waals surface area contributed by atoms with Crippen LogP contribution in [-0.2, 0) is 14.4 Å². The summed E-state index contributed by atoms with van der Waals surface area (Å²) in [6.07, 6.45) is 3.12. The molecule has 3 amide bonds. The van der Waals surface area contributed by atoms with Crippen molar-refractivity contribution in [2.24, 2.45) is 5.10 Å². The standard InChI is InChI=1S/C21H21BrN4O4/c1-13-3-2-4-17(9-13)24-19(27)12-30-18-8-5-15(22)10-14(18)11-23-26-21(29)20(28)25-16-6-7-16/h2-5,8-11,16H,6-7,12H2,1H3,(H,24,27)(H,25,28)(H,26,29)/b23-11-. The van der Waals surface area contributed by atoms with Gasteiger partial charge in [-0.15, -0.1) is 0 Å². The minimum absolute atomic E-state index is 0.0864. The van der Waals surface area contributed by atoms with Gasteiger partial charge in [-0.25, -0.2) is 5.43 Å². The molecule has 1 aliphatic carbocycles. The molecule has 0 aliphatic heterocycles. The zero-order valence-corrected chi connectivity index (χ0v) is 17.9. The van der Waals surface area contributed by atoms with Gasteiger partial charge in [0.15, 0.2) is 6.61 Å². The Balaban J connectivity index is 1.56. The fourth-order valence-corrected chi connectivity index (χ4v) is 2.88. The Morgan fingerprint density at radius 2 is 1.97 bits per heavy atom. The van der Waals surface area contributed by atoms with E-state index in [4.69, 9.17) is 4.74 Å². The topological polar surface area (TPSA) is 109 Å². The molecule has 0 radical (unpaired) electrons. The maximum Gasteiger partial charge on any atom is 0.329 e. The molecule has 9 heteroatoms. The summed E-state index contributed by atoms with van der Waals surface area (Å²) < 4.78 is 6.37. The maximum absolute atomic E-state index is 12.2. The van der Waals surface area contributed by atoms with Crippen molar-refractivity contribution in [3.8, 4) is 5.75 Å². The van der Waals surface area contributed by atoms with E-state index in [1.807, 2.05) is 25.1 Å². The Labute approximate surface area is 182 Å². The summed E-state index contributed by atoms with van der Waals surface area (Å²) in [7, 11) is 0. The van der Waals surface area contributed by atoms with Gasteiger partial charge >= 0.3 is 11.8 Å². The first kappa shape index (κ1) is 21.5. The zero-order valence-electron chi connectivity index (χ0n) is 16.3. The number of nitrogens with one attached hydrogen (secondary N) is 3. The molecule has 156 valence electrons. The minimum atomic E-state index is -0.840. The van der Waals surface area contributed by atoms with Crippen molar-refractivity contribution >= 4 is 45.6 Å². The predicted molar refractivity (Wildman–Crippen MR) is 116 cm³/mol. The number of halogens is 1. The van der Waals surface area contributed by atoms with Crippen molar-refractivity contribution in [3.63, 3.8) is 0 Å².